The zero-order valence-electron chi connectivity index (χ0n) is 11.4. The van der Waals surface area contributed by atoms with Gasteiger partial charge < -0.3 is 5.11 Å². The molecule has 0 amide bonds. The smallest absolute Gasteiger partial charge is 0.270 e. The Morgan fingerprint density at radius 3 is 2.77 bits per heavy atom. The average molecular weight is 293 g/mol. The van der Waals surface area contributed by atoms with Crippen molar-refractivity contribution in [3.05, 3.63) is 70.4 Å². The van der Waals surface area contributed by atoms with E-state index in [1.165, 1.54) is 24.4 Å². The molecule has 0 spiro atoms. The van der Waals surface area contributed by atoms with Gasteiger partial charge >= 0.3 is 0 Å². The molecule has 3 aromatic rings. The molecule has 0 aliphatic rings. The molecule has 0 saturated heterocycles. The van der Waals surface area contributed by atoms with Gasteiger partial charge in [-0.3, -0.25) is 10.1 Å². The van der Waals surface area contributed by atoms with Gasteiger partial charge in [-0.15, -0.1) is 0 Å². The Bertz CT molecular complexity index is 876. The third-order valence-corrected chi connectivity index (χ3v) is 3.21. The molecule has 0 bridgehead atoms. The number of fused-ring (bicyclic) bond motifs is 1. The molecular formula is C16H11N3O3. The van der Waals surface area contributed by atoms with Gasteiger partial charge in [0.2, 0.25) is 0 Å². The van der Waals surface area contributed by atoms with Crippen molar-refractivity contribution in [2.75, 3.05) is 0 Å². The summed E-state index contributed by atoms with van der Waals surface area (Å²) in [6.45, 7) is 0. The van der Waals surface area contributed by atoms with Crippen molar-refractivity contribution in [1.29, 1.82) is 0 Å². The standard InChI is InChI=1S/C16H11N3O3/c20-15-7-4-11-9-12(19(21)22)5-6-13(11)14(15)10-18-16-3-1-2-8-17-16/h1-10,20H/b18-10+. The minimum atomic E-state index is -0.450. The molecule has 0 unspecified atom stereocenters. The van der Waals surface area contributed by atoms with Crippen molar-refractivity contribution in [2.45, 2.75) is 0 Å². The highest BCUT2D eigenvalue weighted by Crippen LogP contribution is 2.29. The first-order valence-electron chi connectivity index (χ1n) is 6.50. The summed E-state index contributed by atoms with van der Waals surface area (Å²) in [5.74, 6) is 0.571. The zero-order valence-corrected chi connectivity index (χ0v) is 11.4. The van der Waals surface area contributed by atoms with E-state index in [4.69, 9.17) is 0 Å². The first-order chi connectivity index (χ1) is 10.6. The molecule has 2 aromatic carbocycles. The van der Waals surface area contributed by atoms with Crippen LogP contribution in [0.15, 0.2) is 59.7 Å². The Kier molecular flexibility index (Phi) is 3.49. The van der Waals surface area contributed by atoms with Crippen molar-refractivity contribution >= 4 is 28.5 Å². The van der Waals surface area contributed by atoms with E-state index in [1.54, 1.807) is 30.5 Å². The summed E-state index contributed by atoms with van der Waals surface area (Å²) >= 11 is 0. The van der Waals surface area contributed by atoms with E-state index < -0.39 is 4.92 Å². The quantitative estimate of drug-likeness (QED) is 0.454. The molecule has 6 nitrogen and oxygen atoms in total. The second-order valence-electron chi connectivity index (χ2n) is 4.61. The molecule has 0 radical (unpaired) electrons. The fourth-order valence-electron chi connectivity index (χ4n) is 2.14. The Hall–Kier alpha value is -3.28. The lowest BCUT2D eigenvalue weighted by Gasteiger charge is -2.05. The first-order valence-corrected chi connectivity index (χ1v) is 6.50. The van der Waals surface area contributed by atoms with Gasteiger partial charge in [0.15, 0.2) is 5.82 Å². The number of benzene rings is 2. The molecule has 22 heavy (non-hydrogen) atoms. The number of rotatable bonds is 3. The average Bonchev–Trinajstić information content (AvgIpc) is 2.54. The van der Waals surface area contributed by atoms with Gasteiger partial charge in [0.1, 0.15) is 5.75 Å². The Labute approximate surface area is 125 Å². The highest BCUT2D eigenvalue weighted by Gasteiger charge is 2.10. The number of hydrogen-bond donors (Lipinski definition) is 1. The molecule has 108 valence electrons. The van der Waals surface area contributed by atoms with Gasteiger partial charge in [-0.2, -0.15) is 0 Å². The number of pyridine rings is 1. The van der Waals surface area contributed by atoms with Crippen LogP contribution in [0, 0.1) is 10.1 Å². The van der Waals surface area contributed by atoms with Gasteiger partial charge in [-0.05, 0) is 35.0 Å². The summed E-state index contributed by atoms with van der Waals surface area (Å²) in [5, 5.41) is 22.2. The zero-order chi connectivity index (χ0) is 15.5. The Morgan fingerprint density at radius 2 is 2.05 bits per heavy atom. The number of phenols is 1. The molecule has 1 heterocycles. The summed E-state index contributed by atoms with van der Waals surface area (Å²) in [5.41, 5.74) is 0.504. The van der Waals surface area contributed by atoms with E-state index >= 15 is 0 Å². The third kappa shape index (κ3) is 2.62. The maximum Gasteiger partial charge on any atom is 0.270 e. The molecule has 1 N–H and O–H groups in total. The monoisotopic (exact) mass is 293 g/mol. The van der Waals surface area contributed by atoms with Crippen LogP contribution in [-0.2, 0) is 0 Å². The van der Waals surface area contributed by atoms with E-state index in [0.29, 0.717) is 22.2 Å². The van der Waals surface area contributed by atoms with E-state index in [9.17, 15) is 15.2 Å². The number of nitro benzene ring substituents is 1. The molecule has 3 rings (SSSR count). The van der Waals surface area contributed by atoms with Crippen LogP contribution >= 0.6 is 0 Å². The van der Waals surface area contributed by atoms with Crippen molar-refractivity contribution in [3.8, 4) is 5.75 Å². The topological polar surface area (TPSA) is 88.6 Å². The van der Waals surface area contributed by atoms with Crippen molar-refractivity contribution in [2.24, 2.45) is 4.99 Å². The largest absolute Gasteiger partial charge is 0.507 e. The molecule has 0 atom stereocenters. The van der Waals surface area contributed by atoms with Gasteiger partial charge in [0.25, 0.3) is 5.69 Å². The lowest BCUT2D eigenvalue weighted by molar-refractivity contribution is -0.384. The van der Waals surface area contributed by atoms with Gasteiger partial charge in [0.05, 0.1) is 4.92 Å². The lowest BCUT2D eigenvalue weighted by Crippen LogP contribution is -1.90. The van der Waals surface area contributed by atoms with E-state index in [2.05, 4.69) is 9.98 Å². The van der Waals surface area contributed by atoms with Crippen molar-refractivity contribution < 1.29 is 10.0 Å². The molecule has 6 heteroatoms. The second kappa shape index (κ2) is 5.61. The summed E-state index contributed by atoms with van der Waals surface area (Å²) < 4.78 is 0. The molecule has 1 aromatic heterocycles. The highest BCUT2D eigenvalue weighted by molar-refractivity contribution is 6.03. The maximum absolute atomic E-state index is 10.8. The summed E-state index contributed by atoms with van der Waals surface area (Å²) in [7, 11) is 0. The molecule has 0 aliphatic heterocycles. The number of aromatic hydroxyl groups is 1. The van der Waals surface area contributed by atoms with Crippen LogP contribution in [0.5, 0.6) is 5.75 Å². The number of non-ortho nitro benzene ring substituents is 1. The second-order valence-corrected chi connectivity index (χ2v) is 4.61. The third-order valence-electron chi connectivity index (χ3n) is 3.21. The fraction of sp³-hybridized carbons (Fsp3) is 0. The van der Waals surface area contributed by atoms with Gasteiger partial charge in [0, 0.05) is 30.1 Å². The lowest BCUT2D eigenvalue weighted by atomic mass is 10.0. The normalized spacial score (nSPS) is 11.1. The number of phenolic OH excluding ortho intramolecular Hbond substituents is 1. The minimum absolute atomic E-state index is 0.00537. The van der Waals surface area contributed by atoms with E-state index in [1.807, 2.05) is 6.07 Å². The Morgan fingerprint density at radius 1 is 1.18 bits per heavy atom. The highest BCUT2D eigenvalue weighted by atomic mass is 16.6. The molecule has 0 aliphatic carbocycles. The summed E-state index contributed by atoms with van der Waals surface area (Å²) in [4.78, 5) is 18.7. The number of nitro groups is 1. The summed E-state index contributed by atoms with van der Waals surface area (Å²) in [6.07, 6.45) is 3.13. The van der Waals surface area contributed by atoms with Crippen LogP contribution in [0.25, 0.3) is 10.8 Å². The van der Waals surface area contributed by atoms with Crippen molar-refractivity contribution in [1.82, 2.24) is 4.98 Å². The van der Waals surface area contributed by atoms with Crippen LogP contribution in [0.4, 0.5) is 11.5 Å². The summed E-state index contributed by atoms with van der Waals surface area (Å²) in [6, 6.07) is 12.9. The number of aromatic nitrogens is 1. The van der Waals surface area contributed by atoms with Crippen LogP contribution in [-0.4, -0.2) is 21.2 Å². The number of hydrogen-bond acceptors (Lipinski definition) is 5. The van der Waals surface area contributed by atoms with Crippen LogP contribution in [0.1, 0.15) is 5.56 Å². The molecule has 0 fully saturated rings. The van der Waals surface area contributed by atoms with Crippen LogP contribution in [0.3, 0.4) is 0 Å². The predicted octanol–water partition coefficient (Wildman–Crippen LogP) is 3.60. The van der Waals surface area contributed by atoms with Crippen molar-refractivity contribution in [3.63, 3.8) is 0 Å². The maximum atomic E-state index is 10.8. The predicted molar refractivity (Wildman–Crippen MR) is 83.8 cm³/mol. The first kappa shape index (κ1) is 13.7. The van der Waals surface area contributed by atoms with Crippen LogP contribution < -0.4 is 0 Å². The van der Waals surface area contributed by atoms with Gasteiger partial charge in [-0.25, -0.2) is 9.98 Å². The number of aliphatic imine (C=N–C) groups is 1. The van der Waals surface area contributed by atoms with E-state index in [-0.39, 0.29) is 11.4 Å². The Balaban J connectivity index is 2.10. The van der Waals surface area contributed by atoms with Crippen LogP contribution in [0.2, 0.25) is 0 Å². The number of nitrogens with zero attached hydrogens (tertiary/aromatic N) is 3. The van der Waals surface area contributed by atoms with E-state index in [0.717, 1.165) is 0 Å². The fourth-order valence-corrected chi connectivity index (χ4v) is 2.14. The van der Waals surface area contributed by atoms with Gasteiger partial charge in [-0.1, -0.05) is 12.1 Å². The molecular weight excluding hydrogens is 282 g/mol. The minimum Gasteiger partial charge on any atom is -0.507 e. The molecule has 0 saturated carbocycles. The SMILES string of the molecule is O=[N+]([O-])c1ccc2c(/C=N/c3ccccn3)c(O)ccc2c1.